The molecule has 0 spiro atoms. The molecule has 1 aliphatic heterocycles. The summed E-state index contributed by atoms with van der Waals surface area (Å²) in [7, 11) is 1.37. The molecule has 8 heteroatoms. The number of halogens is 2. The Morgan fingerprint density at radius 2 is 1.74 bits per heavy atom. The largest absolute Gasteiger partial charge is 0.504 e. The fraction of sp³-hybridized carbons (Fsp3) is 0.154. The first-order valence-corrected chi connectivity index (χ1v) is 10.5. The maximum atomic E-state index is 14.0. The van der Waals surface area contributed by atoms with Crippen molar-refractivity contribution < 1.29 is 33.3 Å². The summed E-state index contributed by atoms with van der Waals surface area (Å²) in [6.45, 7) is 0. The average molecular weight is 465 g/mol. The number of aryl methyl sites for hydroxylation is 1. The molecule has 174 valence electrons. The number of aromatic hydroxyl groups is 1. The zero-order valence-corrected chi connectivity index (χ0v) is 18.2. The van der Waals surface area contributed by atoms with Crippen molar-refractivity contribution in [1.29, 1.82) is 0 Å². The third-order valence-electron chi connectivity index (χ3n) is 5.69. The van der Waals surface area contributed by atoms with Crippen molar-refractivity contribution in [2.75, 3.05) is 12.0 Å². The number of rotatable bonds is 7. The van der Waals surface area contributed by atoms with Crippen molar-refractivity contribution in [2.24, 2.45) is 0 Å². The minimum absolute atomic E-state index is 0.000935. The molecule has 1 heterocycles. The normalized spacial score (nSPS) is 15.7. The number of aliphatic hydroxyl groups excluding tert-OH is 1. The first-order valence-electron chi connectivity index (χ1n) is 10.5. The minimum atomic E-state index is -1.19. The standard InChI is InChI=1S/C26H21F2NO5/c1-34-22-12-8-16(13-21(22)31)24-23(20(30)11-7-15-5-3-2-4-6-15)25(32)26(33)29(24)17-9-10-18(27)19(28)14-17/h2-6,8-10,12-14,24,31-32H,7,11H2,1H3. The Bertz CT molecular complexity index is 1290. The number of aliphatic hydroxyl groups is 1. The second-order valence-electron chi connectivity index (χ2n) is 7.78. The van der Waals surface area contributed by atoms with Crippen molar-refractivity contribution in [2.45, 2.75) is 18.9 Å². The predicted octanol–water partition coefficient (Wildman–Crippen LogP) is 4.78. The van der Waals surface area contributed by atoms with Crippen LogP contribution in [0.3, 0.4) is 0 Å². The van der Waals surface area contributed by atoms with Gasteiger partial charge in [0.15, 0.2) is 34.7 Å². The summed E-state index contributed by atoms with van der Waals surface area (Å²) in [5, 5.41) is 21.0. The first-order chi connectivity index (χ1) is 16.3. The van der Waals surface area contributed by atoms with Gasteiger partial charge in [0.1, 0.15) is 0 Å². The Hall–Kier alpha value is -4.20. The van der Waals surface area contributed by atoms with E-state index in [1.54, 1.807) is 0 Å². The quantitative estimate of drug-likeness (QED) is 0.524. The van der Waals surface area contributed by atoms with Crippen molar-refractivity contribution in [3.05, 3.63) is 101 Å². The van der Waals surface area contributed by atoms with Crippen molar-refractivity contribution in [3.8, 4) is 11.5 Å². The highest BCUT2D eigenvalue weighted by Gasteiger charge is 2.44. The number of ketones is 1. The molecule has 6 nitrogen and oxygen atoms in total. The Morgan fingerprint density at radius 1 is 1.00 bits per heavy atom. The number of amides is 1. The molecule has 0 saturated carbocycles. The van der Waals surface area contributed by atoms with Gasteiger partial charge >= 0.3 is 0 Å². The van der Waals surface area contributed by atoms with Crippen LogP contribution in [-0.2, 0) is 16.0 Å². The topological polar surface area (TPSA) is 87.1 Å². The summed E-state index contributed by atoms with van der Waals surface area (Å²) in [5.74, 6) is -4.58. The van der Waals surface area contributed by atoms with Gasteiger partial charge in [0.05, 0.1) is 18.7 Å². The summed E-state index contributed by atoms with van der Waals surface area (Å²) in [6, 6.07) is 15.2. The van der Waals surface area contributed by atoms with Gasteiger partial charge in [-0.05, 0) is 41.8 Å². The molecule has 1 amide bonds. The van der Waals surface area contributed by atoms with Crippen LogP contribution in [0.2, 0.25) is 0 Å². The van der Waals surface area contributed by atoms with Crippen molar-refractivity contribution in [3.63, 3.8) is 0 Å². The molecule has 3 aromatic carbocycles. The lowest BCUT2D eigenvalue weighted by Gasteiger charge is -2.27. The predicted molar refractivity (Wildman–Crippen MR) is 121 cm³/mol. The number of carbonyl (C=O) groups is 2. The van der Waals surface area contributed by atoms with E-state index in [-0.39, 0.29) is 34.7 Å². The molecule has 1 aliphatic rings. The second-order valence-corrected chi connectivity index (χ2v) is 7.78. The van der Waals surface area contributed by atoms with E-state index in [4.69, 9.17) is 4.74 Å². The summed E-state index contributed by atoms with van der Waals surface area (Å²) in [5.41, 5.74) is 0.941. The molecule has 3 aromatic rings. The summed E-state index contributed by atoms with van der Waals surface area (Å²) in [6.07, 6.45) is 0.372. The lowest BCUT2D eigenvalue weighted by molar-refractivity contribution is -0.118. The fourth-order valence-corrected chi connectivity index (χ4v) is 4.02. The lowest BCUT2D eigenvalue weighted by Crippen LogP contribution is -2.31. The third-order valence-corrected chi connectivity index (χ3v) is 5.69. The van der Waals surface area contributed by atoms with Gasteiger partial charge in [-0.2, -0.15) is 0 Å². The highest BCUT2D eigenvalue weighted by atomic mass is 19.2. The fourth-order valence-electron chi connectivity index (χ4n) is 4.02. The Kier molecular flexibility index (Phi) is 6.32. The number of methoxy groups -OCH3 is 1. The molecule has 0 bridgehead atoms. The Labute approximate surface area is 194 Å². The molecule has 1 unspecified atom stereocenters. The monoisotopic (exact) mass is 465 g/mol. The van der Waals surface area contributed by atoms with E-state index in [1.807, 2.05) is 30.3 Å². The minimum Gasteiger partial charge on any atom is -0.504 e. The molecule has 4 rings (SSSR count). The van der Waals surface area contributed by atoms with Gasteiger partial charge in [-0.15, -0.1) is 0 Å². The SMILES string of the molecule is COc1ccc(C2C(C(=O)CCc3ccccc3)=C(O)C(=O)N2c2ccc(F)c(F)c2)cc1O. The number of phenolic OH excluding ortho intramolecular Hbond substituents is 1. The van der Waals surface area contributed by atoms with Gasteiger partial charge < -0.3 is 14.9 Å². The number of Topliss-reactive ketones (excluding diaryl/α,β-unsaturated/α-hetero) is 1. The molecular weight excluding hydrogens is 444 g/mol. The first kappa shape index (κ1) is 23.0. The van der Waals surface area contributed by atoms with Crippen LogP contribution in [-0.4, -0.2) is 29.0 Å². The highest BCUT2D eigenvalue weighted by molar-refractivity contribution is 6.16. The molecule has 0 radical (unpaired) electrons. The van der Waals surface area contributed by atoms with Gasteiger partial charge in [0.25, 0.3) is 5.91 Å². The molecule has 1 atom stereocenters. The zero-order valence-electron chi connectivity index (χ0n) is 18.2. The van der Waals surface area contributed by atoms with E-state index >= 15 is 0 Å². The molecule has 0 aromatic heterocycles. The lowest BCUT2D eigenvalue weighted by atomic mass is 9.92. The number of nitrogens with zero attached hydrogens (tertiary/aromatic N) is 1. The maximum Gasteiger partial charge on any atom is 0.294 e. The van der Waals surface area contributed by atoms with Gasteiger partial charge in [-0.3, -0.25) is 14.5 Å². The van der Waals surface area contributed by atoms with Crippen LogP contribution in [0.1, 0.15) is 23.6 Å². The van der Waals surface area contributed by atoms with E-state index in [0.717, 1.165) is 22.6 Å². The molecular formula is C26H21F2NO5. The summed E-state index contributed by atoms with van der Waals surface area (Å²) in [4.78, 5) is 27.3. The van der Waals surface area contributed by atoms with Crippen LogP contribution in [0.4, 0.5) is 14.5 Å². The van der Waals surface area contributed by atoms with E-state index in [9.17, 15) is 28.6 Å². The van der Waals surface area contributed by atoms with Gasteiger partial charge in [-0.1, -0.05) is 36.4 Å². The van der Waals surface area contributed by atoms with Gasteiger partial charge in [-0.25, -0.2) is 8.78 Å². The van der Waals surface area contributed by atoms with E-state index < -0.39 is 35.1 Å². The molecule has 0 saturated heterocycles. The molecule has 2 N–H and O–H groups in total. The number of phenols is 1. The van der Waals surface area contributed by atoms with Crippen molar-refractivity contribution >= 4 is 17.4 Å². The number of benzene rings is 3. The molecule has 0 fully saturated rings. The average Bonchev–Trinajstić information content (AvgIpc) is 3.10. The van der Waals surface area contributed by atoms with Gasteiger partial charge in [0, 0.05) is 18.2 Å². The van der Waals surface area contributed by atoms with Crippen LogP contribution in [0.25, 0.3) is 0 Å². The van der Waals surface area contributed by atoms with Crippen LogP contribution in [0.5, 0.6) is 11.5 Å². The highest BCUT2D eigenvalue weighted by Crippen LogP contribution is 2.43. The molecule has 0 aliphatic carbocycles. The van der Waals surface area contributed by atoms with E-state index in [0.29, 0.717) is 6.42 Å². The third kappa shape index (κ3) is 4.22. The van der Waals surface area contributed by atoms with Crippen molar-refractivity contribution in [1.82, 2.24) is 0 Å². The summed E-state index contributed by atoms with van der Waals surface area (Å²) >= 11 is 0. The second kappa shape index (κ2) is 9.35. The van der Waals surface area contributed by atoms with Gasteiger partial charge in [0.2, 0.25) is 0 Å². The number of hydrogen-bond acceptors (Lipinski definition) is 5. The maximum absolute atomic E-state index is 14.0. The Morgan fingerprint density at radius 3 is 2.38 bits per heavy atom. The van der Waals surface area contributed by atoms with Crippen LogP contribution >= 0.6 is 0 Å². The number of ether oxygens (including phenoxy) is 1. The van der Waals surface area contributed by atoms with Crippen LogP contribution < -0.4 is 9.64 Å². The Balaban J connectivity index is 1.77. The number of anilines is 1. The summed E-state index contributed by atoms with van der Waals surface area (Å²) < 4.78 is 32.6. The number of carbonyl (C=O) groups excluding carboxylic acids is 2. The zero-order chi connectivity index (χ0) is 24.4. The smallest absolute Gasteiger partial charge is 0.294 e. The van der Waals surface area contributed by atoms with Crippen LogP contribution in [0.15, 0.2) is 78.1 Å². The van der Waals surface area contributed by atoms with E-state index in [1.165, 1.54) is 31.4 Å². The number of hydrogen-bond donors (Lipinski definition) is 2. The molecule has 34 heavy (non-hydrogen) atoms. The van der Waals surface area contributed by atoms with E-state index in [2.05, 4.69) is 0 Å². The van der Waals surface area contributed by atoms with Crippen LogP contribution in [0, 0.1) is 11.6 Å².